The van der Waals surface area contributed by atoms with E-state index < -0.39 is 17.9 Å². The van der Waals surface area contributed by atoms with Crippen molar-refractivity contribution in [3.05, 3.63) is 72.1 Å². The SMILES string of the molecule is CC(C)C(CC(=O)N1CCC(C(=O)O)C2CCCCC21)c1c[nH]c2ccccc12.CC(C)C(CC(=O)N1CCC(C(=O)[O-])C2CCCCC21)c1c[nH]c2ccccc12.[Na+]. The minimum absolute atomic E-state index is 0. The normalized spacial score (nSPS) is 25.3. The van der Waals surface area contributed by atoms with Crippen LogP contribution in [0.15, 0.2) is 60.9 Å². The molecule has 0 bridgehead atoms. The third-order valence-electron chi connectivity index (χ3n) is 14.5. The predicted octanol–water partition coefficient (Wildman–Crippen LogP) is 5.25. The summed E-state index contributed by atoms with van der Waals surface area (Å²) in [4.78, 5) is 60.9. The summed E-state index contributed by atoms with van der Waals surface area (Å²) in [6.07, 6.45) is 14.2. The van der Waals surface area contributed by atoms with Gasteiger partial charge < -0.3 is 34.8 Å². The molecule has 2 aromatic carbocycles. The molecule has 0 radical (unpaired) electrons. The summed E-state index contributed by atoms with van der Waals surface area (Å²) in [5, 5.41) is 23.6. The van der Waals surface area contributed by atoms with Crippen LogP contribution < -0.4 is 34.7 Å². The number of piperidine rings is 2. The topological polar surface area (TPSA) is 150 Å². The molecule has 8 rings (SSSR count). The molecule has 59 heavy (non-hydrogen) atoms. The number of benzene rings is 2. The number of nitrogens with zero attached hydrogens (tertiary/aromatic N) is 2. The van der Waals surface area contributed by atoms with E-state index in [1.54, 1.807) is 0 Å². The summed E-state index contributed by atoms with van der Waals surface area (Å²) in [5.41, 5.74) is 4.62. The summed E-state index contributed by atoms with van der Waals surface area (Å²) < 4.78 is 0. The van der Waals surface area contributed by atoms with Crippen molar-refractivity contribution in [1.82, 2.24) is 19.8 Å². The van der Waals surface area contributed by atoms with Crippen LogP contribution in [0.25, 0.3) is 21.8 Å². The molecule has 4 fully saturated rings. The molecule has 2 aromatic heterocycles. The van der Waals surface area contributed by atoms with Gasteiger partial charge in [-0.1, -0.05) is 89.8 Å². The van der Waals surface area contributed by atoms with Crippen LogP contribution in [0.2, 0.25) is 0 Å². The van der Waals surface area contributed by atoms with E-state index in [9.17, 15) is 29.4 Å². The zero-order valence-electron chi connectivity index (χ0n) is 35.8. The zero-order valence-corrected chi connectivity index (χ0v) is 37.8. The second-order valence-electron chi connectivity index (χ2n) is 18.3. The van der Waals surface area contributed by atoms with E-state index in [1.165, 1.54) is 21.9 Å². The van der Waals surface area contributed by atoms with E-state index in [2.05, 4.69) is 68.1 Å². The number of carboxylic acid groups (broad SMARTS) is 2. The largest absolute Gasteiger partial charge is 1.00 e. The number of carboxylic acids is 2. The van der Waals surface area contributed by atoms with Crippen molar-refractivity contribution in [2.24, 2.45) is 35.5 Å². The van der Waals surface area contributed by atoms with Gasteiger partial charge in [-0.05, 0) is 97.3 Å². The van der Waals surface area contributed by atoms with Gasteiger partial charge in [0.05, 0.1) is 5.92 Å². The number of hydrogen-bond donors (Lipinski definition) is 3. The Balaban J connectivity index is 0.000000195. The summed E-state index contributed by atoms with van der Waals surface area (Å²) in [6.45, 7) is 9.82. The van der Waals surface area contributed by atoms with Crippen molar-refractivity contribution in [1.29, 1.82) is 0 Å². The molecule has 2 aliphatic heterocycles. The van der Waals surface area contributed by atoms with Crippen LogP contribution in [-0.4, -0.2) is 73.8 Å². The molecule has 2 amide bonds. The van der Waals surface area contributed by atoms with Gasteiger partial charge in [0.15, 0.2) is 0 Å². The summed E-state index contributed by atoms with van der Waals surface area (Å²) in [7, 11) is 0. The first-order chi connectivity index (χ1) is 27.9. The number of aromatic amines is 2. The molecule has 8 unspecified atom stereocenters. The number of amides is 2. The number of rotatable bonds is 10. The number of nitrogens with one attached hydrogen (secondary N) is 2. The van der Waals surface area contributed by atoms with Crippen LogP contribution in [0.3, 0.4) is 0 Å². The average molecular weight is 815 g/mol. The molecule has 4 aromatic rings. The Hall–Kier alpha value is -3.60. The molecule has 4 heterocycles. The average Bonchev–Trinajstić information content (AvgIpc) is 3.85. The fourth-order valence-corrected chi connectivity index (χ4v) is 11.3. The van der Waals surface area contributed by atoms with E-state index in [-0.39, 0.29) is 83.0 Å². The molecule has 11 heteroatoms. The first kappa shape index (κ1) is 44.9. The summed E-state index contributed by atoms with van der Waals surface area (Å²) in [5.74, 6) is -0.826. The Kier molecular flexibility index (Phi) is 15.1. The predicted molar refractivity (Wildman–Crippen MR) is 225 cm³/mol. The van der Waals surface area contributed by atoms with Crippen LogP contribution in [0.1, 0.15) is 128 Å². The second-order valence-corrected chi connectivity index (χ2v) is 18.3. The fraction of sp³-hybridized carbons (Fsp3) is 0.583. The molecule has 10 nitrogen and oxygen atoms in total. The van der Waals surface area contributed by atoms with Gasteiger partial charge in [0.2, 0.25) is 11.8 Å². The maximum atomic E-state index is 13.4. The number of aromatic nitrogens is 2. The molecule has 312 valence electrons. The molecule has 4 aliphatic rings. The molecular formula is C48H63N4NaO6. The summed E-state index contributed by atoms with van der Waals surface area (Å²) >= 11 is 0. The molecule has 2 aliphatic carbocycles. The first-order valence-electron chi connectivity index (χ1n) is 22.1. The quantitative estimate of drug-likeness (QED) is 0.187. The molecular weight excluding hydrogens is 752 g/mol. The summed E-state index contributed by atoms with van der Waals surface area (Å²) in [6, 6.07) is 16.6. The van der Waals surface area contributed by atoms with E-state index >= 15 is 0 Å². The van der Waals surface area contributed by atoms with Crippen molar-refractivity contribution in [3.8, 4) is 0 Å². The number of fused-ring (bicyclic) bond motifs is 4. The van der Waals surface area contributed by atoms with Gasteiger partial charge in [-0.2, -0.15) is 0 Å². The van der Waals surface area contributed by atoms with Gasteiger partial charge in [-0.25, -0.2) is 0 Å². The number of carbonyl (C=O) groups excluding carboxylic acids is 3. The fourth-order valence-electron chi connectivity index (χ4n) is 11.3. The van der Waals surface area contributed by atoms with Crippen LogP contribution in [-0.2, 0) is 19.2 Å². The van der Waals surface area contributed by atoms with Crippen molar-refractivity contribution < 1.29 is 58.9 Å². The van der Waals surface area contributed by atoms with Crippen molar-refractivity contribution in [2.45, 2.75) is 129 Å². The zero-order chi connectivity index (χ0) is 41.1. The Morgan fingerprint density at radius 3 is 1.47 bits per heavy atom. The van der Waals surface area contributed by atoms with Gasteiger partial charge in [-0.15, -0.1) is 0 Å². The molecule has 2 saturated heterocycles. The van der Waals surface area contributed by atoms with Gasteiger partial charge in [0, 0.05) is 84.1 Å². The Morgan fingerprint density at radius 2 is 1.05 bits per heavy atom. The molecule has 8 atom stereocenters. The molecule has 3 N–H and O–H groups in total. The first-order valence-corrected chi connectivity index (χ1v) is 22.1. The van der Waals surface area contributed by atoms with Crippen LogP contribution in [0.5, 0.6) is 0 Å². The van der Waals surface area contributed by atoms with E-state index in [0.717, 1.165) is 62.4 Å². The second kappa shape index (κ2) is 19.9. The van der Waals surface area contributed by atoms with E-state index in [0.29, 0.717) is 50.6 Å². The van der Waals surface area contributed by atoms with Crippen molar-refractivity contribution in [3.63, 3.8) is 0 Å². The molecule has 0 spiro atoms. The number of carbonyl (C=O) groups is 4. The van der Waals surface area contributed by atoms with Crippen LogP contribution >= 0.6 is 0 Å². The van der Waals surface area contributed by atoms with Crippen molar-refractivity contribution >= 4 is 45.6 Å². The number of aliphatic carboxylic acids is 2. The smallest absolute Gasteiger partial charge is 0.550 e. The van der Waals surface area contributed by atoms with Gasteiger partial charge in [0.25, 0.3) is 0 Å². The number of H-pyrrole nitrogens is 2. The third-order valence-corrected chi connectivity index (χ3v) is 14.5. The Morgan fingerprint density at radius 1 is 0.644 bits per heavy atom. The van der Waals surface area contributed by atoms with E-state index in [1.807, 2.05) is 40.3 Å². The number of hydrogen-bond acceptors (Lipinski definition) is 5. The minimum atomic E-state index is -0.937. The maximum absolute atomic E-state index is 13.4. The van der Waals surface area contributed by atoms with E-state index in [4.69, 9.17) is 0 Å². The van der Waals surface area contributed by atoms with Gasteiger partial charge in [0.1, 0.15) is 0 Å². The maximum Gasteiger partial charge on any atom is 1.00 e. The Labute approximate surface area is 371 Å². The Bertz CT molecular complexity index is 1930. The number of para-hydroxylation sites is 2. The van der Waals surface area contributed by atoms with Gasteiger partial charge in [-0.3, -0.25) is 14.4 Å². The minimum Gasteiger partial charge on any atom is -0.550 e. The van der Waals surface area contributed by atoms with Gasteiger partial charge >= 0.3 is 35.5 Å². The number of likely N-dealkylation sites (tertiary alicyclic amines) is 2. The van der Waals surface area contributed by atoms with Crippen molar-refractivity contribution in [2.75, 3.05) is 13.1 Å². The monoisotopic (exact) mass is 814 g/mol. The standard InChI is InChI=1S/2C24H32N2O3.Na/c2*1-15(2)19(20-14-25-21-9-5-3-7-16(20)21)13-23(27)26-12-11-18(24(28)29)17-8-4-6-10-22(17)26;/h2*3,5,7,9,14-15,17-19,22,25H,4,6,8,10-13H2,1-2H3,(H,28,29);/q;;+1/p-1. The molecule has 2 saturated carbocycles. The van der Waals surface area contributed by atoms with Crippen LogP contribution in [0, 0.1) is 35.5 Å². The third kappa shape index (κ3) is 9.65. The van der Waals surface area contributed by atoms with Crippen LogP contribution in [0.4, 0.5) is 0 Å².